The van der Waals surface area contributed by atoms with E-state index >= 15 is 0 Å². The molecule has 0 aromatic carbocycles. The number of nitrogens with one attached hydrogen (secondary N) is 1. The van der Waals surface area contributed by atoms with Crippen molar-refractivity contribution in [2.24, 2.45) is 0 Å². The predicted octanol–water partition coefficient (Wildman–Crippen LogP) is 1.60. The van der Waals surface area contributed by atoms with Crippen molar-refractivity contribution in [3.63, 3.8) is 0 Å². The van der Waals surface area contributed by atoms with Gasteiger partial charge >= 0.3 is 0 Å². The molecule has 8 heteroatoms. The smallest absolute Gasteiger partial charge is 0.253 e. The van der Waals surface area contributed by atoms with E-state index in [2.05, 4.69) is 25.4 Å². The second-order valence-corrected chi connectivity index (χ2v) is 4.30. The highest BCUT2D eigenvalue weighted by Crippen LogP contribution is 2.13. The Bertz CT molecular complexity index is 773. The fourth-order valence-corrected chi connectivity index (χ4v) is 1.71. The molecule has 0 bridgehead atoms. The third kappa shape index (κ3) is 3.11. The van der Waals surface area contributed by atoms with E-state index in [1.165, 1.54) is 6.07 Å². The van der Waals surface area contributed by atoms with Gasteiger partial charge in [0.1, 0.15) is 0 Å². The Balaban J connectivity index is 1.64. The highest BCUT2D eigenvalue weighted by molar-refractivity contribution is 5.93. The molecule has 0 saturated heterocycles. The molecule has 3 aromatic heterocycles. The summed E-state index contributed by atoms with van der Waals surface area (Å²) in [7, 11) is 0. The standard InChI is InChI=1S/C14H10FN5O2/c15-11-2-1-10(7-17-11)14(21)18-8-12-19-13(20-22-12)9-3-5-16-6-4-9/h1-7H,8H2,(H,18,21). The lowest BCUT2D eigenvalue weighted by atomic mass is 10.2. The molecule has 3 rings (SSSR count). The Morgan fingerprint density at radius 2 is 2.05 bits per heavy atom. The van der Waals surface area contributed by atoms with Crippen molar-refractivity contribution in [2.45, 2.75) is 6.54 Å². The molecule has 0 aliphatic rings. The van der Waals surface area contributed by atoms with Crippen LogP contribution >= 0.6 is 0 Å². The molecule has 1 amide bonds. The first kappa shape index (κ1) is 13.8. The van der Waals surface area contributed by atoms with Gasteiger partial charge in [0, 0.05) is 24.2 Å². The van der Waals surface area contributed by atoms with Crippen LogP contribution in [0.4, 0.5) is 4.39 Å². The third-order valence-corrected chi connectivity index (χ3v) is 2.80. The van der Waals surface area contributed by atoms with Crippen LogP contribution in [0.3, 0.4) is 0 Å². The van der Waals surface area contributed by atoms with Crippen molar-refractivity contribution in [1.29, 1.82) is 0 Å². The van der Waals surface area contributed by atoms with Crippen LogP contribution in [0.25, 0.3) is 11.4 Å². The number of halogens is 1. The number of nitrogens with zero attached hydrogens (tertiary/aromatic N) is 4. The highest BCUT2D eigenvalue weighted by Gasteiger charge is 2.11. The monoisotopic (exact) mass is 299 g/mol. The summed E-state index contributed by atoms with van der Waals surface area (Å²) in [6.07, 6.45) is 4.39. The molecule has 0 saturated carbocycles. The summed E-state index contributed by atoms with van der Waals surface area (Å²) in [6, 6.07) is 5.95. The van der Waals surface area contributed by atoms with Crippen molar-refractivity contribution >= 4 is 5.91 Å². The summed E-state index contributed by atoms with van der Waals surface area (Å²) in [5.74, 6) is -0.378. The lowest BCUT2D eigenvalue weighted by molar-refractivity contribution is 0.0946. The Morgan fingerprint density at radius 3 is 2.77 bits per heavy atom. The maximum Gasteiger partial charge on any atom is 0.253 e. The van der Waals surface area contributed by atoms with Crippen LogP contribution < -0.4 is 5.32 Å². The van der Waals surface area contributed by atoms with E-state index in [-0.39, 0.29) is 18.0 Å². The van der Waals surface area contributed by atoms with E-state index in [0.717, 1.165) is 17.8 Å². The molecule has 0 aliphatic heterocycles. The average Bonchev–Trinajstić information content (AvgIpc) is 3.03. The zero-order valence-electron chi connectivity index (χ0n) is 11.2. The Morgan fingerprint density at radius 1 is 1.23 bits per heavy atom. The molecule has 0 atom stereocenters. The Labute approximate surface area is 124 Å². The molecular weight excluding hydrogens is 289 g/mol. The van der Waals surface area contributed by atoms with Crippen LogP contribution in [-0.2, 0) is 6.54 Å². The molecule has 3 aromatic rings. The van der Waals surface area contributed by atoms with Gasteiger partial charge < -0.3 is 9.84 Å². The van der Waals surface area contributed by atoms with Crippen molar-refractivity contribution < 1.29 is 13.7 Å². The van der Waals surface area contributed by atoms with E-state index in [4.69, 9.17) is 4.52 Å². The molecule has 1 N–H and O–H groups in total. The van der Waals surface area contributed by atoms with Crippen LogP contribution in [0.1, 0.15) is 16.2 Å². The minimum atomic E-state index is -0.643. The number of pyridine rings is 2. The van der Waals surface area contributed by atoms with E-state index in [0.29, 0.717) is 5.82 Å². The SMILES string of the molecule is O=C(NCc1nc(-c2ccncc2)no1)c1ccc(F)nc1. The maximum atomic E-state index is 12.7. The number of rotatable bonds is 4. The normalized spacial score (nSPS) is 10.4. The first-order valence-electron chi connectivity index (χ1n) is 6.35. The molecule has 0 radical (unpaired) electrons. The molecule has 0 aliphatic carbocycles. The topological polar surface area (TPSA) is 93.8 Å². The van der Waals surface area contributed by atoms with Gasteiger partial charge in [-0.15, -0.1) is 0 Å². The molecule has 7 nitrogen and oxygen atoms in total. The number of hydrogen-bond acceptors (Lipinski definition) is 6. The first-order chi connectivity index (χ1) is 10.7. The number of amides is 1. The zero-order chi connectivity index (χ0) is 15.4. The van der Waals surface area contributed by atoms with Gasteiger partial charge in [-0.1, -0.05) is 5.16 Å². The summed E-state index contributed by atoms with van der Waals surface area (Å²) in [4.78, 5) is 23.3. The predicted molar refractivity (Wildman–Crippen MR) is 72.9 cm³/mol. The minimum absolute atomic E-state index is 0.0638. The fourth-order valence-electron chi connectivity index (χ4n) is 1.71. The molecule has 3 heterocycles. The quantitative estimate of drug-likeness (QED) is 0.735. The van der Waals surface area contributed by atoms with E-state index in [1.807, 2.05) is 0 Å². The number of aromatic nitrogens is 4. The maximum absolute atomic E-state index is 12.7. The highest BCUT2D eigenvalue weighted by atomic mass is 19.1. The van der Waals surface area contributed by atoms with Gasteiger partial charge in [0.2, 0.25) is 17.7 Å². The van der Waals surface area contributed by atoms with Gasteiger partial charge in [-0.3, -0.25) is 9.78 Å². The summed E-state index contributed by atoms with van der Waals surface area (Å²) in [5.41, 5.74) is 1.01. The largest absolute Gasteiger partial charge is 0.343 e. The van der Waals surface area contributed by atoms with Crippen LogP contribution in [0, 0.1) is 5.95 Å². The molecule has 0 spiro atoms. The second kappa shape index (κ2) is 6.08. The molecule has 0 fully saturated rings. The Kier molecular flexibility index (Phi) is 3.82. The molecule has 22 heavy (non-hydrogen) atoms. The Hall–Kier alpha value is -3.16. The van der Waals surface area contributed by atoms with Gasteiger partial charge in [0.15, 0.2) is 0 Å². The summed E-state index contributed by atoms with van der Waals surface area (Å²) in [6.45, 7) is 0.0638. The molecule has 0 unspecified atom stereocenters. The van der Waals surface area contributed by atoms with Crippen LogP contribution in [0.15, 0.2) is 47.4 Å². The van der Waals surface area contributed by atoms with Crippen LogP contribution in [-0.4, -0.2) is 26.0 Å². The van der Waals surface area contributed by atoms with Crippen molar-refractivity contribution in [1.82, 2.24) is 25.4 Å². The average molecular weight is 299 g/mol. The van der Waals surface area contributed by atoms with Gasteiger partial charge in [-0.2, -0.15) is 9.37 Å². The van der Waals surface area contributed by atoms with E-state index < -0.39 is 11.9 Å². The van der Waals surface area contributed by atoms with Crippen molar-refractivity contribution in [2.75, 3.05) is 0 Å². The van der Waals surface area contributed by atoms with Crippen molar-refractivity contribution in [3.8, 4) is 11.4 Å². The fraction of sp³-hybridized carbons (Fsp3) is 0.0714. The van der Waals surface area contributed by atoms with E-state index in [9.17, 15) is 9.18 Å². The first-order valence-corrected chi connectivity index (χ1v) is 6.35. The number of carbonyl (C=O) groups excluding carboxylic acids is 1. The van der Waals surface area contributed by atoms with Gasteiger partial charge in [0.05, 0.1) is 12.1 Å². The second-order valence-electron chi connectivity index (χ2n) is 4.30. The zero-order valence-corrected chi connectivity index (χ0v) is 11.2. The van der Waals surface area contributed by atoms with Gasteiger partial charge in [-0.05, 0) is 24.3 Å². The van der Waals surface area contributed by atoms with Gasteiger partial charge in [0.25, 0.3) is 5.91 Å². The summed E-state index contributed by atoms with van der Waals surface area (Å²) < 4.78 is 17.7. The number of carbonyl (C=O) groups is 1. The van der Waals surface area contributed by atoms with E-state index in [1.54, 1.807) is 24.5 Å². The summed E-state index contributed by atoms with van der Waals surface area (Å²) in [5, 5.41) is 6.41. The molecule has 110 valence electrons. The summed E-state index contributed by atoms with van der Waals surface area (Å²) >= 11 is 0. The van der Waals surface area contributed by atoms with Crippen LogP contribution in [0.5, 0.6) is 0 Å². The number of hydrogen-bond donors (Lipinski definition) is 1. The van der Waals surface area contributed by atoms with Crippen LogP contribution in [0.2, 0.25) is 0 Å². The third-order valence-electron chi connectivity index (χ3n) is 2.80. The van der Waals surface area contributed by atoms with Gasteiger partial charge in [-0.25, -0.2) is 4.98 Å². The molecular formula is C14H10FN5O2. The minimum Gasteiger partial charge on any atom is -0.343 e. The van der Waals surface area contributed by atoms with Crippen molar-refractivity contribution in [3.05, 3.63) is 60.3 Å². The lowest BCUT2D eigenvalue weighted by Crippen LogP contribution is -2.23. The lowest BCUT2D eigenvalue weighted by Gasteiger charge is -2.01.